The second-order valence-electron chi connectivity index (χ2n) is 7.00. The number of rotatable bonds is 5. The zero-order valence-corrected chi connectivity index (χ0v) is 15.1. The van der Waals surface area contributed by atoms with E-state index in [1.165, 1.54) is 0 Å². The van der Waals surface area contributed by atoms with Crippen LogP contribution in [-0.4, -0.2) is 17.5 Å². The van der Waals surface area contributed by atoms with Crippen molar-refractivity contribution in [1.82, 2.24) is 10.6 Å². The lowest BCUT2D eigenvalue weighted by Crippen LogP contribution is -2.62. The van der Waals surface area contributed by atoms with E-state index < -0.39 is 5.54 Å². The number of hydrogen-bond donors (Lipinski definition) is 2. The first-order valence-electron chi connectivity index (χ1n) is 9.24. The Hall–Kier alpha value is -2.64. The number of hydrogen-bond acceptors (Lipinski definition) is 3. The third-order valence-corrected chi connectivity index (χ3v) is 5.22. The molecule has 3 atom stereocenters. The third-order valence-electron chi connectivity index (χ3n) is 5.22. The summed E-state index contributed by atoms with van der Waals surface area (Å²) < 4.78 is 0. The van der Waals surface area contributed by atoms with E-state index in [1.54, 1.807) is 12.1 Å². The zero-order valence-electron chi connectivity index (χ0n) is 15.1. The number of carbonyl (C=O) groups excluding carboxylic acids is 1. The van der Waals surface area contributed by atoms with Crippen molar-refractivity contribution >= 4 is 5.91 Å². The highest BCUT2D eigenvalue weighted by atomic mass is 16.1. The molecule has 4 nitrogen and oxygen atoms in total. The Morgan fingerprint density at radius 1 is 1.12 bits per heavy atom. The fourth-order valence-corrected chi connectivity index (χ4v) is 3.75. The maximum atomic E-state index is 12.6. The largest absolute Gasteiger partial charge is 0.346 e. The molecule has 1 fully saturated rings. The molecule has 2 aromatic carbocycles. The van der Waals surface area contributed by atoms with E-state index in [2.05, 4.69) is 35.8 Å². The van der Waals surface area contributed by atoms with Crippen molar-refractivity contribution in [3.8, 4) is 6.07 Å². The van der Waals surface area contributed by atoms with E-state index in [4.69, 9.17) is 0 Å². The lowest BCUT2D eigenvalue weighted by Gasteiger charge is -2.41. The number of nitriles is 1. The van der Waals surface area contributed by atoms with Gasteiger partial charge in [0.1, 0.15) is 5.54 Å². The Kier molecular flexibility index (Phi) is 5.70. The topological polar surface area (TPSA) is 64.9 Å². The van der Waals surface area contributed by atoms with Gasteiger partial charge in [-0.1, -0.05) is 61.4 Å². The summed E-state index contributed by atoms with van der Waals surface area (Å²) in [5.41, 5.74) is 1.01. The molecule has 1 saturated carbocycles. The monoisotopic (exact) mass is 347 g/mol. The van der Waals surface area contributed by atoms with Gasteiger partial charge in [-0.2, -0.15) is 5.26 Å². The van der Waals surface area contributed by atoms with Crippen molar-refractivity contribution < 1.29 is 4.79 Å². The lowest BCUT2D eigenvalue weighted by atomic mass is 9.77. The van der Waals surface area contributed by atoms with Crippen molar-refractivity contribution in [1.29, 1.82) is 5.26 Å². The molecule has 0 radical (unpaired) electrons. The van der Waals surface area contributed by atoms with Gasteiger partial charge in [0.25, 0.3) is 5.91 Å². The summed E-state index contributed by atoms with van der Waals surface area (Å²) >= 11 is 0. The smallest absolute Gasteiger partial charge is 0.251 e. The van der Waals surface area contributed by atoms with Crippen LogP contribution in [0.15, 0.2) is 60.7 Å². The molecule has 26 heavy (non-hydrogen) atoms. The summed E-state index contributed by atoms with van der Waals surface area (Å²) in [7, 11) is 0. The highest BCUT2D eigenvalue weighted by Crippen LogP contribution is 2.31. The molecule has 2 N–H and O–H groups in total. The van der Waals surface area contributed by atoms with Gasteiger partial charge in [-0.15, -0.1) is 0 Å². The number of amides is 1. The molecule has 0 saturated heterocycles. The Morgan fingerprint density at radius 3 is 2.42 bits per heavy atom. The minimum absolute atomic E-state index is 0.0325. The normalized spacial score (nSPS) is 23.6. The summed E-state index contributed by atoms with van der Waals surface area (Å²) in [5, 5.41) is 16.7. The molecule has 0 spiro atoms. The number of nitrogens with one attached hydrogen (secondary N) is 2. The Labute approximate surface area is 155 Å². The molecule has 0 bridgehead atoms. The van der Waals surface area contributed by atoms with Gasteiger partial charge < -0.3 is 5.32 Å². The SMILES string of the molecule is C[C@@H](N[C@@]1(C#N)CCCC[C@H]1NC(=O)c1ccccc1)c1ccccc1. The van der Waals surface area contributed by atoms with E-state index in [-0.39, 0.29) is 18.0 Å². The van der Waals surface area contributed by atoms with Crippen LogP contribution in [-0.2, 0) is 0 Å². The highest BCUT2D eigenvalue weighted by Gasteiger charge is 2.43. The van der Waals surface area contributed by atoms with Gasteiger partial charge in [0.15, 0.2) is 0 Å². The van der Waals surface area contributed by atoms with E-state index in [0.29, 0.717) is 5.56 Å². The minimum Gasteiger partial charge on any atom is -0.346 e. The Balaban J connectivity index is 1.79. The van der Waals surface area contributed by atoms with Gasteiger partial charge >= 0.3 is 0 Å². The molecule has 0 aliphatic heterocycles. The van der Waals surface area contributed by atoms with Crippen molar-refractivity contribution in [2.45, 2.75) is 50.2 Å². The zero-order chi connectivity index (χ0) is 18.4. The van der Waals surface area contributed by atoms with E-state index in [1.807, 2.05) is 36.4 Å². The molecule has 2 aromatic rings. The van der Waals surface area contributed by atoms with Crippen LogP contribution in [0.1, 0.15) is 54.6 Å². The Morgan fingerprint density at radius 2 is 1.77 bits per heavy atom. The first kappa shape index (κ1) is 18.2. The van der Waals surface area contributed by atoms with Gasteiger partial charge in [-0.05, 0) is 37.5 Å². The van der Waals surface area contributed by atoms with E-state index >= 15 is 0 Å². The van der Waals surface area contributed by atoms with Gasteiger partial charge in [0.2, 0.25) is 0 Å². The average molecular weight is 347 g/mol. The predicted octanol–water partition coefficient (Wildman–Crippen LogP) is 3.97. The molecule has 0 aromatic heterocycles. The van der Waals surface area contributed by atoms with Gasteiger partial charge in [-0.25, -0.2) is 0 Å². The quantitative estimate of drug-likeness (QED) is 0.860. The summed E-state index contributed by atoms with van der Waals surface area (Å²) in [6.45, 7) is 2.07. The highest BCUT2D eigenvalue weighted by molar-refractivity contribution is 5.94. The van der Waals surface area contributed by atoms with Gasteiger partial charge in [0.05, 0.1) is 12.1 Å². The van der Waals surface area contributed by atoms with Crippen molar-refractivity contribution in [3.63, 3.8) is 0 Å². The van der Waals surface area contributed by atoms with Crippen molar-refractivity contribution in [2.24, 2.45) is 0 Å². The second-order valence-corrected chi connectivity index (χ2v) is 7.00. The summed E-state index contributed by atoms with van der Waals surface area (Å²) in [4.78, 5) is 12.6. The standard InChI is InChI=1S/C22H25N3O/c1-17(18-10-4-2-5-11-18)25-22(16-23)15-9-8-14-20(22)24-21(26)19-12-6-3-7-13-19/h2-7,10-13,17,20,25H,8-9,14-15H2,1H3,(H,24,26)/t17-,20-,22-/m1/s1. The van der Waals surface area contributed by atoms with Crippen LogP contribution >= 0.6 is 0 Å². The van der Waals surface area contributed by atoms with Gasteiger partial charge in [0, 0.05) is 11.6 Å². The molecule has 1 aliphatic carbocycles. The number of benzene rings is 2. The Bertz CT molecular complexity index is 769. The molecular formula is C22H25N3O. The first-order chi connectivity index (χ1) is 12.6. The van der Waals surface area contributed by atoms with Crippen LogP contribution in [0, 0.1) is 11.3 Å². The van der Waals surface area contributed by atoms with Crippen molar-refractivity contribution in [2.75, 3.05) is 0 Å². The molecular weight excluding hydrogens is 322 g/mol. The maximum Gasteiger partial charge on any atom is 0.251 e. The second kappa shape index (κ2) is 8.16. The molecule has 1 aliphatic rings. The lowest BCUT2D eigenvalue weighted by molar-refractivity contribution is 0.0890. The van der Waals surface area contributed by atoms with Crippen LogP contribution in [0.4, 0.5) is 0 Å². The van der Waals surface area contributed by atoms with Crippen molar-refractivity contribution in [3.05, 3.63) is 71.8 Å². The first-order valence-corrected chi connectivity index (χ1v) is 9.24. The van der Waals surface area contributed by atoms with E-state index in [0.717, 1.165) is 31.2 Å². The van der Waals surface area contributed by atoms with Crippen LogP contribution in [0.25, 0.3) is 0 Å². The molecule has 0 heterocycles. The molecule has 0 unspecified atom stereocenters. The molecule has 3 rings (SSSR count). The molecule has 4 heteroatoms. The fraction of sp³-hybridized carbons (Fsp3) is 0.364. The van der Waals surface area contributed by atoms with Crippen LogP contribution in [0.2, 0.25) is 0 Å². The maximum absolute atomic E-state index is 12.6. The summed E-state index contributed by atoms with van der Waals surface area (Å²) in [6, 6.07) is 21.6. The van der Waals surface area contributed by atoms with Crippen LogP contribution in [0.3, 0.4) is 0 Å². The van der Waals surface area contributed by atoms with Gasteiger partial charge in [-0.3, -0.25) is 10.1 Å². The predicted molar refractivity (Wildman–Crippen MR) is 103 cm³/mol. The number of nitrogens with zero attached hydrogens (tertiary/aromatic N) is 1. The van der Waals surface area contributed by atoms with Crippen LogP contribution < -0.4 is 10.6 Å². The summed E-state index contributed by atoms with van der Waals surface area (Å²) in [5.74, 6) is -0.119. The molecule has 1 amide bonds. The molecule has 134 valence electrons. The third kappa shape index (κ3) is 3.95. The minimum atomic E-state index is -0.752. The van der Waals surface area contributed by atoms with E-state index in [9.17, 15) is 10.1 Å². The number of carbonyl (C=O) groups is 1. The van der Waals surface area contributed by atoms with Crippen LogP contribution in [0.5, 0.6) is 0 Å². The average Bonchev–Trinajstić information content (AvgIpc) is 2.70. The summed E-state index contributed by atoms with van der Waals surface area (Å²) in [6.07, 6.45) is 3.55. The fourth-order valence-electron chi connectivity index (χ4n) is 3.75.